The fourth-order valence-electron chi connectivity index (χ4n) is 2.53. The smallest absolute Gasteiger partial charge is 0.294 e. The Hall–Kier alpha value is -2.93. The number of amides is 3. The monoisotopic (exact) mass is 384 g/mol. The molecule has 1 saturated heterocycles. The lowest BCUT2D eigenvalue weighted by Crippen LogP contribution is -2.36. The number of carbonyl (C=O) groups excluding carboxylic acids is 3. The van der Waals surface area contributed by atoms with Crippen molar-refractivity contribution in [3.8, 4) is 0 Å². The molecule has 1 fully saturated rings. The molecule has 0 aromatic heterocycles. The lowest BCUT2D eigenvalue weighted by Gasteiger charge is -2.13. The van der Waals surface area contributed by atoms with Crippen molar-refractivity contribution >= 4 is 40.6 Å². The number of aryl methyl sites for hydroxylation is 2. The first-order chi connectivity index (χ1) is 12.8. The van der Waals surface area contributed by atoms with Crippen LogP contribution in [0.4, 0.5) is 14.9 Å². The Morgan fingerprint density at radius 3 is 2.59 bits per heavy atom. The second-order valence-electron chi connectivity index (χ2n) is 6.14. The van der Waals surface area contributed by atoms with Gasteiger partial charge >= 0.3 is 0 Å². The van der Waals surface area contributed by atoms with Gasteiger partial charge in [0, 0.05) is 11.3 Å². The number of hydrogen-bond donors (Lipinski definition) is 1. The number of imide groups is 1. The molecular formula is C20H17FN2O3S. The van der Waals surface area contributed by atoms with E-state index in [9.17, 15) is 18.8 Å². The highest BCUT2D eigenvalue weighted by Gasteiger charge is 2.36. The number of carbonyl (C=O) groups is 3. The number of nitrogens with zero attached hydrogens (tertiary/aromatic N) is 1. The molecule has 0 atom stereocenters. The second kappa shape index (κ2) is 7.75. The maximum atomic E-state index is 13.7. The average Bonchev–Trinajstić information content (AvgIpc) is 2.88. The predicted octanol–water partition coefficient (Wildman–Crippen LogP) is 4.12. The summed E-state index contributed by atoms with van der Waals surface area (Å²) in [6.07, 6.45) is 1.32. The summed E-state index contributed by atoms with van der Waals surface area (Å²) < 4.78 is 13.7. The molecule has 27 heavy (non-hydrogen) atoms. The third-order valence-electron chi connectivity index (χ3n) is 4.16. The molecule has 1 N–H and O–H groups in total. The van der Waals surface area contributed by atoms with Crippen LogP contribution in [0.15, 0.2) is 47.4 Å². The van der Waals surface area contributed by atoms with Gasteiger partial charge in [-0.15, -0.1) is 0 Å². The normalized spacial score (nSPS) is 15.5. The van der Waals surface area contributed by atoms with Gasteiger partial charge in [-0.1, -0.05) is 24.3 Å². The summed E-state index contributed by atoms with van der Waals surface area (Å²) >= 11 is 0.690. The Labute approximate surface area is 160 Å². The maximum absolute atomic E-state index is 13.7. The van der Waals surface area contributed by atoms with E-state index < -0.39 is 29.4 Å². The van der Waals surface area contributed by atoms with Crippen LogP contribution >= 0.6 is 11.8 Å². The summed E-state index contributed by atoms with van der Waals surface area (Å²) in [5.41, 5.74) is 2.92. The standard InChI is InChI=1S/C20H17FN2O3S/c1-12-7-8-15(9-13(12)2)22-18(24)11-23-19(25)17(27-20(23)26)10-14-5-3-4-6-16(14)21/h3-10H,11H2,1-2H3,(H,22,24). The first kappa shape index (κ1) is 18.8. The van der Waals surface area contributed by atoms with Crippen LogP contribution in [0.2, 0.25) is 0 Å². The molecule has 1 aliphatic heterocycles. The first-order valence-corrected chi connectivity index (χ1v) is 9.04. The van der Waals surface area contributed by atoms with Crippen LogP contribution in [-0.4, -0.2) is 28.5 Å². The number of thioether (sulfide) groups is 1. The minimum Gasteiger partial charge on any atom is -0.325 e. The fraction of sp³-hybridized carbons (Fsp3) is 0.150. The van der Waals surface area contributed by atoms with Gasteiger partial charge in [-0.25, -0.2) is 4.39 Å². The van der Waals surface area contributed by atoms with E-state index in [0.717, 1.165) is 16.0 Å². The molecule has 0 aliphatic carbocycles. The van der Waals surface area contributed by atoms with Crippen LogP contribution in [0.1, 0.15) is 16.7 Å². The van der Waals surface area contributed by atoms with Gasteiger partial charge in [0.25, 0.3) is 11.1 Å². The van der Waals surface area contributed by atoms with Crippen molar-refractivity contribution in [2.24, 2.45) is 0 Å². The van der Waals surface area contributed by atoms with Crippen LogP contribution in [0.5, 0.6) is 0 Å². The number of rotatable bonds is 4. The Balaban J connectivity index is 1.71. The summed E-state index contributed by atoms with van der Waals surface area (Å²) in [4.78, 5) is 37.7. The lowest BCUT2D eigenvalue weighted by atomic mass is 10.1. The van der Waals surface area contributed by atoms with Crippen molar-refractivity contribution < 1.29 is 18.8 Å². The summed E-state index contributed by atoms with van der Waals surface area (Å²) in [6, 6.07) is 11.4. The van der Waals surface area contributed by atoms with E-state index in [1.165, 1.54) is 24.3 Å². The van der Waals surface area contributed by atoms with Crippen molar-refractivity contribution in [2.45, 2.75) is 13.8 Å². The van der Waals surface area contributed by atoms with Crippen LogP contribution < -0.4 is 5.32 Å². The van der Waals surface area contributed by atoms with E-state index in [-0.39, 0.29) is 10.5 Å². The van der Waals surface area contributed by atoms with E-state index >= 15 is 0 Å². The van der Waals surface area contributed by atoms with Gasteiger partial charge in [-0.05, 0) is 61.0 Å². The zero-order valence-electron chi connectivity index (χ0n) is 14.8. The zero-order chi connectivity index (χ0) is 19.6. The van der Waals surface area contributed by atoms with Gasteiger partial charge in [0.1, 0.15) is 12.4 Å². The predicted molar refractivity (Wildman–Crippen MR) is 104 cm³/mol. The van der Waals surface area contributed by atoms with Crippen molar-refractivity contribution in [3.05, 3.63) is 69.9 Å². The molecule has 0 unspecified atom stereocenters. The van der Waals surface area contributed by atoms with Crippen molar-refractivity contribution in [3.63, 3.8) is 0 Å². The van der Waals surface area contributed by atoms with Crippen LogP contribution in [-0.2, 0) is 9.59 Å². The first-order valence-electron chi connectivity index (χ1n) is 8.22. The minimum absolute atomic E-state index is 0.0871. The van der Waals surface area contributed by atoms with E-state index in [0.29, 0.717) is 17.4 Å². The van der Waals surface area contributed by atoms with Crippen LogP contribution in [0.25, 0.3) is 6.08 Å². The third-order valence-corrected chi connectivity index (χ3v) is 5.07. The molecule has 3 rings (SSSR count). The second-order valence-corrected chi connectivity index (χ2v) is 7.13. The molecule has 1 heterocycles. The molecule has 0 bridgehead atoms. The Morgan fingerprint density at radius 1 is 1.15 bits per heavy atom. The maximum Gasteiger partial charge on any atom is 0.294 e. The molecule has 2 aromatic rings. The molecule has 5 nitrogen and oxygen atoms in total. The van der Waals surface area contributed by atoms with E-state index in [1.54, 1.807) is 12.1 Å². The van der Waals surface area contributed by atoms with Gasteiger partial charge < -0.3 is 5.32 Å². The highest BCUT2D eigenvalue weighted by molar-refractivity contribution is 8.18. The van der Waals surface area contributed by atoms with Gasteiger partial charge in [0.05, 0.1) is 4.91 Å². The van der Waals surface area contributed by atoms with E-state index in [1.807, 2.05) is 26.0 Å². The summed E-state index contributed by atoms with van der Waals surface area (Å²) in [5, 5.41) is 2.12. The summed E-state index contributed by atoms with van der Waals surface area (Å²) in [6.45, 7) is 3.49. The quantitative estimate of drug-likeness (QED) is 0.806. The Bertz CT molecular complexity index is 971. The zero-order valence-corrected chi connectivity index (χ0v) is 15.6. The highest BCUT2D eigenvalue weighted by Crippen LogP contribution is 2.32. The fourth-order valence-corrected chi connectivity index (χ4v) is 3.36. The van der Waals surface area contributed by atoms with Crippen LogP contribution in [0.3, 0.4) is 0 Å². The molecule has 138 valence electrons. The summed E-state index contributed by atoms with van der Waals surface area (Å²) in [5.74, 6) is -1.58. The minimum atomic E-state index is -0.608. The van der Waals surface area contributed by atoms with Crippen LogP contribution in [0, 0.1) is 19.7 Å². The molecule has 0 radical (unpaired) electrons. The van der Waals surface area contributed by atoms with Gasteiger partial charge in [-0.2, -0.15) is 0 Å². The molecule has 1 aliphatic rings. The van der Waals surface area contributed by atoms with Gasteiger partial charge in [0.2, 0.25) is 5.91 Å². The highest BCUT2D eigenvalue weighted by atomic mass is 32.2. The largest absolute Gasteiger partial charge is 0.325 e. The van der Waals surface area contributed by atoms with E-state index in [2.05, 4.69) is 5.32 Å². The number of halogens is 1. The molecule has 3 amide bonds. The van der Waals surface area contributed by atoms with Gasteiger partial charge in [0.15, 0.2) is 0 Å². The molecular weight excluding hydrogens is 367 g/mol. The number of nitrogens with one attached hydrogen (secondary N) is 1. The molecule has 0 saturated carbocycles. The Kier molecular flexibility index (Phi) is 5.41. The Morgan fingerprint density at radius 2 is 1.89 bits per heavy atom. The van der Waals surface area contributed by atoms with Gasteiger partial charge in [-0.3, -0.25) is 19.3 Å². The summed E-state index contributed by atoms with van der Waals surface area (Å²) in [7, 11) is 0. The topological polar surface area (TPSA) is 66.5 Å². The number of anilines is 1. The van der Waals surface area contributed by atoms with Crippen molar-refractivity contribution in [1.82, 2.24) is 4.90 Å². The number of hydrogen-bond acceptors (Lipinski definition) is 4. The third kappa shape index (κ3) is 4.25. The van der Waals surface area contributed by atoms with E-state index in [4.69, 9.17) is 0 Å². The molecule has 2 aromatic carbocycles. The SMILES string of the molecule is Cc1ccc(NC(=O)CN2C(=O)SC(=Cc3ccccc3F)C2=O)cc1C. The molecule has 7 heteroatoms. The molecule has 0 spiro atoms. The average molecular weight is 384 g/mol. The number of benzene rings is 2. The lowest BCUT2D eigenvalue weighted by molar-refractivity contribution is -0.127. The van der Waals surface area contributed by atoms with Crippen molar-refractivity contribution in [2.75, 3.05) is 11.9 Å². The van der Waals surface area contributed by atoms with Crippen molar-refractivity contribution in [1.29, 1.82) is 0 Å².